The van der Waals surface area contributed by atoms with E-state index in [-0.39, 0.29) is 0 Å². The summed E-state index contributed by atoms with van der Waals surface area (Å²) in [7, 11) is 1.93. The first kappa shape index (κ1) is 14.1. The highest BCUT2D eigenvalue weighted by molar-refractivity contribution is 5.89. The molecule has 5 heteroatoms. The minimum Gasteiger partial charge on any atom is -0.478 e. The number of carbonyl (C=O) groups is 1. The highest BCUT2D eigenvalue weighted by Crippen LogP contribution is 2.18. The molecule has 2 N–H and O–H groups in total. The second kappa shape index (κ2) is 5.36. The van der Waals surface area contributed by atoms with Crippen molar-refractivity contribution in [2.24, 2.45) is 7.05 Å². The lowest BCUT2D eigenvalue weighted by molar-refractivity contribution is 0.0696. The smallest absolute Gasteiger partial charge is 0.335 e. The molecule has 5 nitrogen and oxygen atoms in total. The summed E-state index contributed by atoms with van der Waals surface area (Å²) < 4.78 is 1.87. The zero-order chi connectivity index (χ0) is 14.9. The van der Waals surface area contributed by atoms with Gasteiger partial charge in [0, 0.05) is 30.5 Å². The standard InChI is InChI=1S/C15H19N3O2/c1-9-7-12(5-6-13(9)15(19)20)16-8-14-10(2)17-18(4)11(14)3/h5-7,16H,8H2,1-4H3,(H,19,20). The molecule has 20 heavy (non-hydrogen) atoms. The maximum atomic E-state index is 11.0. The Morgan fingerprint density at radius 3 is 2.55 bits per heavy atom. The maximum absolute atomic E-state index is 11.0. The van der Waals surface area contributed by atoms with Crippen LogP contribution in [0.4, 0.5) is 5.69 Å². The van der Waals surface area contributed by atoms with Gasteiger partial charge >= 0.3 is 5.97 Å². The molecule has 0 bridgehead atoms. The van der Waals surface area contributed by atoms with E-state index in [2.05, 4.69) is 10.4 Å². The van der Waals surface area contributed by atoms with Gasteiger partial charge in [0.1, 0.15) is 0 Å². The molecule has 0 amide bonds. The Kier molecular flexibility index (Phi) is 3.79. The predicted molar refractivity (Wildman–Crippen MR) is 78.1 cm³/mol. The molecule has 0 aliphatic carbocycles. The molecule has 2 rings (SSSR count). The van der Waals surface area contributed by atoms with Crippen molar-refractivity contribution in [1.82, 2.24) is 9.78 Å². The Hall–Kier alpha value is -2.30. The van der Waals surface area contributed by atoms with Crippen molar-refractivity contribution in [2.45, 2.75) is 27.3 Å². The lowest BCUT2D eigenvalue weighted by Gasteiger charge is -2.09. The van der Waals surface area contributed by atoms with E-state index in [1.165, 1.54) is 5.56 Å². The molecule has 0 unspecified atom stereocenters. The van der Waals surface area contributed by atoms with Crippen LogP contribution in [0.15, 0.2) is 18.2 Å². The van der Waals surface area contributed by atoms with Crippen molar-refractivity contribution in [3.05, 3.63) is 46.3 Å². The third-order valence-electron chi connectivity index (χ3n) is 3.58. The minimum atomic E-state index is -0.895. The van der Waals surface area contributed by atoms with E-state index < -0.39 is 5.97 Å². The summed E-state index contributed by atoms with van der Waals surface area (Å²) in [6.45, 7) is 6.51. The van der Waals surface area contributed by atoms with Gasteiger partial charge in [-0.05, 0) is 44.5 Å². The van der Waals surface area contributed by atoms with Crippen LogP contribution in [0.3, 0.4) is 0 Å². The molecule has 0 atom stereocenters. The maximum Gasteiger partial charge on any atom is 0.335 e. The largest absolute Gasteiger partial charge is 0.478 e. The summed E-state index contributed by atoms with van der Waals surface area (Å²) in [5.74, 6) is -0.895. The monoisotopic (exact) mass is 273 g/mol. The van der Waals surface area contributed by atoms with Crippen LogP contribution in [-0.2, 0) is 13.6 Å². The van der Waals surface area contributed by atoms with Gasteiger partial charge in [-0.25, -0.2) is 4.79 Å². The van der Waals surface area contributed by atoms with Crippen molar-refractivity contribution < 1.29 is 9.90 Å². The normalized spacial score (nSPS) is 10.6. The molecule has 1 aromatic heterocycles. The van der Waals surface area contributed by atoms with Gasteiger partial charge in [0.05, 0.1) is 11.3 Å². The van der Waals surface area contributed by atoms with E-state index in [4.69, 9.17) is 5.11 Å². The minimum absolute atomic E-state index is 0.337. The number of aromatic nitrogens is 2. The molecule has 0 fully saturated rings. The number of carboxylic acids is 1. The molecule has 0 aliphatic heterocycles. The average molecular weight is 273 g/mol. The Morgan fingerprint density at radius 1 is 1.35 bits per heavy atom. The van der Waals surface area contributed by atoms with Crippen LogP contribution in [0.5, 0.6) is 0 Å². The van der Waals surface area contributed by atoms with E-state index in [9.17, 15) is 4.79 Å². The van der Waals surface area contributed by atoms with Crippen LogP contribution < -0.4 is 5.32 Å². The molecule has 106 valence electrons. The quantitative estimate of drug-likeness (QED) is 0.898. The van der Waals surface area contributed by atoms with Gasteiger partial charge in [0.15, 0.2) is 0 Å². The third kappa shape index (κ3) is 2.66. The first-order valence-electron chi connectivity index (χ1n) is 6.47. The highest BCUT2D eigenvalue weighted by atomic mass is 16.4. The number of aromatic carboxylic acids is 1. The fourth-order valence-corrected chi connectivity index (χ4v) is 2.28. The molecule has 0 aliphatic rings. The van der Waals surface area contributed by atoms with Crippen LogP contribution >= 0.6 is 0 Å². The first-order chi connectivity index (χ1) is 9.40. The second-order valence-electron chi connectivity index (χ2n) is 4.96. The molecule has 2 aromatic rings. The summed E-state index contributed by atoms with van der Waals surface area (Å²) in [6, 6.07) is 5.27. The lowest BCUT2D eigenvalue weighted by Crippen LogP contribution is -2.04. The predicted octanol–water partition coefficient (Wildman–Crippen LogP) is 2.66. The van der Waals surface area contributed by atoms with E-state index in [0.717, 1.165) is 22.6 Å². The van der Waals surface area contributed by atoms with Crippen LogP contribution in [0.25, 0.3) is 0 Å². The number of hydrogen-bond donors (Lipinski definition) is 2. The van der Waals surface area contributed by atoms with Crippen molar-refractivity contribution in [2.75, 3.05) is 5.32 Å². The Balaban J connectivity index is 2.15. The summed E-state index contributed by atoms with van der Waals surface area (Å²) in [5, 5.41) is 16.7. The number of rotatable bonds is 4. The number of benzene rings is 1. The molecule has 0 radical (unpaired) electrons. The fourth-order valence-electron chi connectivity index (χ4n) is 2.28. The summed E-state index contributed by atoms with van der Waals surface area (Å²) in [5.41, 5.74) is 5.32. The Labute approximate surface area is 118 Å². The number of hydrogen-bond acceptors (Lipinski definition) is 3. The molecule has 0 saturated carbocycles. The zero-order valence-electron chi connectivity index (χ0n) is 12.2. The Bertz CT molecular complexity index is 659. The SMILES string of the molecule is Cc1cc(NCc2c(C)nn(C)c2C)ccc1C(=O)O. The molecule has 0 spiro atoms. The number of nitrogens with one attached hydrogen (secondary N) is 1. The number of aryl methyl sites for hydroxylation is 3. The first-order valence-corrected chi connectivity index (χ1v) is 6.47. The van der Waals surface area contributed by atoms with Gasteiger partial charge in [-0.1, -0.05) is 0 Å². The van der Waals surface area contributed by atoms with Gasteiger partial charge < -0.3 is 10.4 Å². The van der Waals surface area contributed by atoms with Crippen molar-refractivity contribution in [1.29, 1.82) is 0 Å². The van der Waals surface area contributed by atoms with E-state index in [1.807, 2.05) is 31.6 Å². The van der Waals surface area contributed by atoms with Gasteiger partial charge in [-0.15, -0.1) is 0 Å². The van der Waals surface area contributed by atoms with E-state index in [0.29, 0.717) is 12.1 Å². The van der Waals surface area contributed by atoms with Crippen LogP contribution in [0.2, 0.25) is 0 Å². The topological polar surface area (TPSA) is 67.2 Å². The molecular formula is C15H19N3O2. The van der Waals surface area contributed by atoms with Gasteiger partial charge in [-0.3, -0.25) is 4.68 Å². The molecular weight excluding hydrogens is 254 g/mol. The van der Waals surface area contributed by atoms with Crippen LogP contribution in [-0.4, -0.2) is 20.9 Å². The van der Waals surface area contributed by atoms with Gasteiger partial charge in [0.2, 0.25) is 0 Å². The number of nitrogens with zero attached hydrogens (tertiary/aromatic N) is 2. The van der Waals surface area contributed by atoms with Crippen molar-refractivity contribution in [3.63, 3.8) is 0 Å². The van der Waals surface area contributed by atoms with Gasteiger partial charge in [-0.2, -0.15) is 5.10 Å². The van der Waals surface area contributed by atoms with Gasteiger partial charge in [0.25, 0.3) is 0 Å². The summed E-state index contributed by atoms with van der Waals surface area (Å²) in [4.78, 5) is 11.0. The van der Waals surface area contributed by atoms with E-state index >= 15 is 0 Å². The average Bonchev–Trinajstić information content (AvgIpc) is 2.61. The fraction of sp³-hybridized carbons (Fsp3) is 0.333. The summed E-state index contributed by atoms with van der Waals surface area (Å²) >= 11 is 0. The van der Waals surface area contributed by atoms with Crippen molar-refractivity contribution in [3.8, 4) is 0 Å². The molecule has 0 saturated heterocycles. The van der Waals surface area contributed by atoms with E-state index in [1.54, 1.807) is 19.1 Å². The number of anilines is 1. The zero-order valence-corrected chi connectivity index (χ0v) is 12.2. The lowest BCUT2D eigenvalue weighted by atomic mass is 10.1. The second-order valence-corrected chi connectivity index (χ2v) is 4.96. The summed E-state index contributed by atoms with van der Waals surface area (Å²) in [6.07, 6.45) is 0. The van der Waals surface area contributed by atoms with Crippen LogP contribution in [0.1, 0.15) is 32.9 Å². The molecule has 1 aromatic carbocycles. The van der Waals surface area contributed by atoms with Crippen molar-refractivity contribution >= 4 is 11.7 Å². The number of carboxylic acid groups (broad SMARTS) is 1. The highest BCUT2D eigenvalue weighted by Gasteiger charge is 2.10. The molecule has 1 heterocycles. The van der Waals surface area contributed by atoms with Crippen LogP contribution in [0, 0.1) is 20.8 Å². The Morgan fingerprint density at radius 2 is 2.05 bits per heavy atom. The third-order valence-corrected chi connectivity index (χ3v) is 3.58.